The zero-order valence-corrected chi connectivity index (χ0v) is 10.9. The molecule has 0 saturated heterocycles. The van der Waals surface area contributed by atoms with Gasteiger partial charge in [0.05, 0.1) is 0 Å². The highest BCUT2D eigenvalue weighted by Crippen LogP contribution is 2.26. The van der Waals surface area contributed by atoms with Crippen molar-refractivity contribution in [1.82, 2.24) is 0 Å². The van der Waals surface area contributed by atoms with Gasteiger partial charge in [0.25, 0.3) is 0 Å². The van der Waals surface area contributed by atoms with Crippen LogP contribution in [0.25, 0.3) is 0 Å². The maximum Gasteiger partial charge on any atom is -0.000813 e. The first-order chi connectivity index (χ1) is 7.71. The van der Waals surface area contributed by atoms with Gasteiger partial charge in [-0.15, -0.1) is 0 Å². The summed E-state index contributed by atoms with van der Waals surface area (Å²) < 4.78 is 0. The van der Waals surface area contributed by atoms with Crippen LogP contribution < -0.4 is 5.73 Å². The fourth-order valence-corrected chi connectivity index (χ4v) is 2.23. The normalized spacial score (nSPS) is 13.1. The zero-order chi connectivity index (χ0) is 12.0. The maximum absolute atomic E-state index is 5.90. The minimum Gasteiger partial charge on any atom is -0.330 e. The maximum atomic E-state index is 5.90. The van der Waals surface area contributed by atoms with Gasteiger partial charge in [-0.3, -0.25) is 0 Å². The SMILES string of the molecule is CCC(CC)CC(CN)c1ccc(C)cc1. The van der Waals surface area contributed by atoms with Crippen molar-refractivity contribution in [2.75, 3.05) is 6.54 Å². The summed E-state index contributed by atoms with van der Waals surface area (Å²) in [5.41, 5.74) is 8.62. The minimum absolute atomic E-state index is 0.533. The second-order valence-electron chi connectivity index (χ2n) is 4.76. The molecule has 0 spiro atoms. The molecule has 0 aromatic heterocycles. The Morgan fingerprint density at radius 2 is 1.62 bits per heavy atom. The number of benzene rings is 1. The molecule has 0 saturated carbocycles. The van der Waals surface area contributed by atoms with Crippen molar-refractivity contribution in [2.45, 2.75) is 46.0 Å². The first-order valence-electron chi connectivity index (χ1n) is 6.47. The minimum atomic E-state index is 0.533. The molecule has 1 unspecified atom stereocenters. The summed E-state index contributed by atoms with van der Waals surface area (Å²) in [4.78, 5) is 0. The third kappa shape index (κ3) is 3.64. The summed E-state index contributed by atoms with van der Waals surface area (Å²) in [6.45, 7) is 7.44. The van der Waals surface area contributed by atoms with E-state index in [9.17, 15) is 0 Å². The van der Waals surface area contributed by atoms with E-state index in [1.54, 1.807) is 0 Å². The molecule has 1 nitrogen and oxygen atoms in total. The predicted octanol–water partition coefficient (Wildman–Crippen LogP) is 3.86. The van der Waals surface area contributed by atoms with Gasteiger partial charge >= 0.3 is 0 Å². The predicted molar refractivity (Wildman–Crippen MR) is 71.7 cm³/mol. The number of aryl methyl sites for hydroxylation is 1. The summed E-state index contributed by atoms with van der Waals surface area (Å²) >= 11 is 0. The molecule has 0 aliphatic rings. The van der Waals surface area contributed by atoms with E-state index in [0.29, 0.717) is 5.92 Å². The van der Waals surface area contributed by atoms with E-state index >= 15 is 0 Å². The number of hydrogen-bond acceptors (Lipinski definition) is 1. The second-order valence-corrected chi connectivity index (χ2v) is 4.76. The Labute approximate surface area is 100 Å². The molecule has 16 heavy (non-hydrogen) atoms. The lowest BCUT2D eigenvalue weighted by Crippen LogP contribution is -2.16. The standard InChI is InChI=1S/C15H25N/c1-4-13(5-2)10-15(11-16)14-8-6-12(3)7-9-14/h6-9,13,15H,4-5,10-11,16H2,1-3H3. The van der Waals surface area contributed by atoms with E-state index < -0.39 is 0 Å². The van der Waals surface area contributed by atoms with Crippen LogP contribution in [0.4, 0.5) is 0 Å². The van der Waals surface area contributed by atoms with E-state index in [1.165, 1.54) is 30.4 Å². The molecular formula is C15H25N. The van der Waals surface area contributed by atoms with Crippen LogP contribution in [0.2, 0.25) is 0 Å². The Hall–Kier alpha value is -0.820. The molecule has 0 amide bonds. The largest absolute Gasteiger partial charge is 0.330 e. The molecule has 1 aromatic rings. The van der Waals surface area contributed by atoms with Crippen LogP contribution in [-0.4, -0.2) is 6.54 Å². The molecule has 1 heteroatoms. The molecule has 0 bridgehead atoms. The fraction of sp³-hybridized carbons (Fsp3) is 0.600. The molecule has 2 N–H and O–H groups in total. The van der Waals surface area contributed by atoms with Crippen molar-refractivity contribution in [3.8, 4) is 0 Å². The molecule has 1 rings (SSSR count). The molecule has 90 valence electrons. The van der Waals surface area contributed by atoms with Gasteiger partial charge < -0.3 is 5.73 Å². The van der Waals surface area contributed by atoms with E-state index in [4.69, 9.17) is 5.73 Å². The van der Waals surface area contributed by atoms with Gasteiger partial charge in [0.2, 0.25) is 0 Å². The average Bonchev–Trinajstić information content (AvgIpc) is 2.32. The van der Waals surface area contributed by atoms with Gasteiger partial charge in [0.15, 0.2) is 0 Å². The highest BCUT2D eigenvalue weighted by Gasteiger charge is 2.14. The quantitative estimate of drug-likeness (QED) is 0.772. The van der Waals surface area contributed by atoms with Crippen LogP contribution in [0.5, 0.6) is 0 Å². The van der Waals surface area contributed by atoms with Crippen molar-refractivity contribution in [1.29, 1.82) is 0 Å². The Bertz CT molecular complexity index is 285. The van der Waals surface area contributed by atoms with Gasteiger partial charge in [0.1, 0.15) is 0 Å². The second kappa shape index (κ2) is 6.70. The van der Waals surface area contributed by atoms with Crippen molar-refractivity contribution in [3.63, 3.8) is 0 Å². The van der Waals surface area contributed by atoms with Crippen molar-refractivity contribution in [3.05, 3.63) is 35.4 Å². The summed E-state index contributed by atoms with van der Waals surface area (Å²) in [7, 11) is 0. The van der Waals surface area contributed by atoms with Crippen LogP contribution >= 0.6 is 0 Å². The smallest absolute Gasteiger partial charge is 0.000813 e. The van der Waals surface area contributed by atoms with Crippen LogP contribution in [0.1, 0.15) is 50.2 Å². The van der Waals surface area contributed by atoms with Gasteiger partial charge in [-0.05, 0) is 37.3 Å². The molecule has 1 aromatic carbocycles. The molecule has 0 heterocycles. The average molecular weight is 219 g/mol. The molecular weight excluding hydrogens is 194 g/mol. The van der Waals surface area contributed by atoms with Crippen molar-refractivity contribution < 1.29 is 0 Å². The van der Waals surface area contributed by atoms with Crippen molar-refractivity contribution >= 4 is 0 Å². The molecule has 0 fully saturated rings. The number of nitrogens with two attached hydrogens (primary N) is 1. The summed E-state index contributed by atoms with van der Waals surface area (Å²) in [5.74, 6) is 1.35. The van der Waals surface area contributed by atoms with Gasteiger partial charge in [-0.25, -0.2) is 0 Å². The van der Waals surface area contributed by atoms with Crippen molar-refractivity contribution in [2.24, 2.45) is 11.7 Å². The Morgan fingerprint density at radius 3 is 2.06 bits per heavy atom. The Kier molecular flexibility index (Phi) is 5.54. The monoisotopic (exact) mass is 219 g/mol. The van der Waals surface area contributed by atoms with Gasteiger partial charge in [-0.1, -0.05) is 56.5 Å². The van der Waals surface area contributed by atoms with Crippen LogP contribution in [0.15, 0.2) is 24.3 Å². The Balaban J connectivity index is 2.70. The van der Waals surface area contributed by atoms with Gasteiger partial charge in [0, 0.05) is 0 Å². The molecule has 1 atom stereocenters. The van der Waals surface area contributed by atoms with E-state index in [2.05, 4.69) is 45.0 Å². The van der Waals surface area contributed by atoms with Crippen LogP contribution in [-0.2, 0) is 0 Å². The van der Waals surface area contributed by atoms with E-state index in [-0.39, 0.29) is 0 Å². The van der Waals surface area contributed by atoms with Gasteiger partial charge in [-0.2, -0.15) is 0 Å². The number of hydrogen-bond donors (Lipinski definition) is 1. The highest BCUT2D eigenvalue weighted by atomic mass is 14.5. The van der Waals surface area contributed by atoms with Crippen LogP contribution in [0, 0.1) is 12.8 Å². The Morgan fingerprint density at radius 1 is 1.06 bits per heavy atom. The van der Waals surface area contributed by atoms with E-state index in [1.807, 2.05) is 0 Å². The summed E-state index contributed by atoms with van der Waals surface area (Å²) in [5, 5.41) is 0. The lowest BCUT2D eigenvalue weighted by molar-refractivity contribution is 0.413. The lowest BCUT2D eigenvalue weighted by atomic mass is 9.86. The summed E-state index contributed by atoms with van der Waals surface area (Å²) in [6, 6.07) is 8.83. The van der Waals surface area contributed by atoms with E-state index in [0.717, 1.165) is 12.5 Å². The highest BCUT2D eigenvalue weighted by molar-refractivity contribution is 5.24. The first-order valence-corrected chi connectivity index (χ1v) is 6.47. The zero-order valence-electron chi connectivity index (χ0n) is 10.9. The lowest BCUT2D eigenvalue weighted by Gasteiger charge is -2.21. The first kappa shape index (κ1) is 13.2. The molecule has 0 aliphatic heterocycles. The summed E-state index contributed by atoms with van der Waals surface area (Å²) in [6.07, 6.45) is 3.75. The topological polar surface area (TPSA) is 26.0 Å². The molecule has 0 aliphatic carbocycles. The molecule has 0 radical (unpaired) electrons. The third-order valence-corrected chi connectivity index (χ3v) is 3.61. The third-order valence-electron chi connectivity index (χ3n) is 3.61. The van der Waals surface area contributed by atoms with Crippen LogP contribution in [0.3, 0.4) is 0 Å². The number of rotatable bonds is 6. The fourth-order valence-electron chi connectivity index (χ4n) is 2.23.